The number of benzene rings is 2. The van der Waals surface area contributed by atoms with Crippen LogP contribution in [0.2, 0.25) is 0 Å². The van der Waals surface area contributed by atoms with Crippen LogP contribution < -0.4 is 15.6 Å². The van der Waals surface area contributed by atoms with Crippen molar-refractivity contribution in [3.05, 3.63) is 63.7 Å². The number of hydrogen-bond acceptors (Lipinski definition) is 5. The number of rotatable bonds is 4. The molecule has 1 aliphatic rings. The number of nitrogens with zero attached hydrogens (tertiary/aromatic N) is 2. The molecular formula is C18H13IN4O4. The quantitative estimate of drug-likeness (QED) is 0.304. The summed E-state index contributed by atoms with van der Waals surface area (Å²) in [6.07, 6.45) is 1.00. The number of halogens is 1. The first kappa shape index (κ1) is 18.7. The highest BCUT2D eigenvalue weighted by Gasteiger charge is 2.40. The Balaban J connectivity index is 1.75. The molecule has 1 aliphatic heterocycles. The number of hydrogen-bond donors (Lipinski definition) is 2. The van der Waals surface area contributed by atoms with Crippen molar-refractivity contribution in [1.82, 2.24) is 10.7 Å². The lowest BCUT2D eigenvalue weighted by Gasteiger charge is -2.28. The van der Waals surface area contributed by atoms with Gasteiger partial charge in [-0.1, -0.05) is 18.2 Å². The predicted molar refractivity (Wildman–Crippen MR) is 106 cm³/mol. The van der Waals surface area contributed by atoms with E-state index in [1.165, 1.54) is 0 Å². The first-order valence-corrected chi connectivity index (χ1v) is 8.88. The van der Waals surface area contributed by atoms with Gasteiger partial charge in [-0.05, 0) is 59.0 Å². The van der Waals surface area contributed by atoms with Crippen molar-refractivity contribution in [1.29, 1.82) is 0 Å². The third-order valence-electron chi connectivity index (χ3n) is 3.71. The molecule has 0 radical (unpaired) electrons. The number of anilines is 1. The van der Waals surface area contributed by atoms with E-state index in [9.17, 15) is 19.2 Å². The van der Waals surface area contributed by atoms with E-state index in [2.05, 4.69) is 38.4 Å². The Morgan fingerprint density at radius 3 is 2.41 bits per heavy atom. The molecule has 0 spiro atoms. The van der Waals surface area contributed by atoms with Crippen molar-refractivity contribution in [3.63, 3.8) is 0 Å². The van der Waals surface area contributed by atoms with Crippen molar-refractivity contribution in [2.24, 2.45) is 11.0 Å². The molecule has 2 N–H and O–H groups in total. The number of barbiturate groups is 1. The van der Waals surface area contributed by atoms with Gasteiger partial charge < -0.3 is 0 Å². The largest absolute Gasteiger partial charge is 0.335 e. The molecule has 3 rings (SSSR count). The van der Waals surface area contributed by atoms with Gasteiger partial charge in [0.25, 0.3) is 11.8 Å². The van der Waals surface area contributed by atoms with E-state index in [1.54, 1.807) is 54.6 Å². The summed E-state index contributed by atoms with van der Waals surface area (Å²) in [5, 5.41) is 5.81. The summed E-state index contributed by atoms with van der Waals surface area (Å²) in [6, 6.07) is 14.2. The van der Waals surface area contributed by atoms with Gasteiger partial charge in [-0.25, -0.2) is 15.1 Å². The molecule has 1 fully saturated rings. The fourth-order valence-corrected chi connectivity index (χ4v) is 2.74. The third kappa shape index (κ3) is 4.19. The number of urea groups is 1. The highest BCUT2D eigenvalue weighted by molar-refractivity contribution is 14.1. The van der Waals surface area contributed by atoms with Crippen LogP contribution in [-0.4, -0.2) is 30.0 Å². The molecule has 0 aromatic heterocycles. The first-order valence-electron chi connectivity index (χ1n) is 7.80. The molecule has 1 saturated heterocycles. The summed E-state index contributed by atoms with van der Waals surface area (Å²) in [6.45, 7) is 0. The lowest BCUT2D eigenvalue weighted by molar-refractivity contribution is -0.131. The Bertz CT molecular complexity index is 928. The SMILES string of the molecule is O=C(N/N=C\[C@@H]1C(=O)NC(=O)N(c2ccc(I)cc2)C1=O)c1ccccc1. The number of carbonyl (C=O) groups excluding carboxylic acids is 4. The monoisotopic (exact) mass is 476 g/mol. The molecule has 2 aromatic carbocycles. The Hall–Kier alpha value is -3.08. The van der Waals surface area contributed by atoms with Gasteiger partial charge in [-0.2, -0.15) is 5.10 Å². The smallest absolute Gasteiger partial charge is 0.276 e. The summed E-state index contributed by atoms with van der Waals surface area (Å²) in [4.78, 5) is 49.5. The molecule has 8 nitrogen and oxygen atoms in total. The second-order valence-corrected chi connectivity index (χ2v) is 6.75. The van der Waals surface area contributed by atoms with Gasteiger partial charge in [0.2, 0.25) is 5.91 Å². The van der Waals surface area contributed by atoms with Crippen LogP contribution in [0.25, 0.3) is 0 Å². The lowest BCUT2D eigenvalue weighted by Crippen LogP contribution is -2.58. The zero-order valence-electron chi connectivity index (χ0n) is 13.8. The normalized spacial score (nSPS) is 17.1. The molecule has 0 saturated carbocycles. The maximum atomic E-state index is 12.6. The highest BCUT2D eigenvalue weighted by atomic mass is 127. The van der Waals surface area contributed by atoms with Crippen molar-refractivity contribution < 1.29 is 19.2 Å². The zero-order valence-corrected chi connectivity index (χ0v) is 15.9. The molecule has 1 atom stereocenters. The summed E-state index contributed by atoms with van der Waals surface area (Å²) < 4.78 is 0.930. The second kappa shape index (κ2) is 8.08. The minimum absolute atomic E-state index is 0.331. The fourth-order valence-electron chi connectivity index (χ4n) is 2.38. The molecule has 0 aliphatic carbocycles. The maximum absolute atomic E-state index is 12.6. The van der Waals surface area contributed by atoms with Gasteiger partial charge in [-0.15, -0.1) is 0 Å². The summed E-state index contributed by atoms with van der Waals surface area (Å²) >= 11 is 2.09. The van der Waals surface area contributed by atoms with Crippen LogP contribution in [-0.2, 0) is 9.59 Å². The van der Waals surface area contributed by atoms with Gasteiger partial charge in [0, 0.05) is 15.3 Å². The topological polar surface area (TPSA) is 108 Å². The van der Waals surface area contributed by atoms with Crippen LogP contribution in [0.5, 0.6) is 0 Å². The van der Waals surface area contributed by atoms with Crippen molar-refractivity contribution in [2.45, 2.75) is 0 Å². The van der Waals surface area contributed by atoms with E-state index in [0.717, 1.165) is 14.7 Å². The van der Waals surface area contributed by atoms with E-state index in [0.29, 0.717) is 11.3 Å². The van der Waals surface area contributed by atoms with E-state index in [-0.39, 0.29) is 0 Å². The predicted octanol–water partition coefficient (Wildman–Crippen LogP) is 1.91. The summed E-state index contributed by atoms with van der Waals surface area (Å²) in [7, 11) is 0. The van der Waals surface area contributed by atoms with Gasteiger partial charge >= 0.3 is 6.03 Å². The van der Waals surface area contributed by atoms with Gasteiger partial charge in [0.1, 0.15) is 0 Å². The van der Waals surface area contributed by atoms with Gasteiger partial charge in [-0.3, -0.25) is 19.7 Å². The van der Waals surface area contributed by atoms with Crippen molar-refractivity contribution in [2.75, 3.05) is 4.90 Å². The molecule has 27 heavy (non-hydrogen) atoms. The highest BCUT2D eigenvalue weighted by Crippen LogP contribution is 2.21. The van der Waals surface area contributed by atoms with Gasteiger partial charge in [0.15, 0.2) is 5.92 Å². The van der Waals surface area contributed by atoms with E-state index in [4.69, 9.17) is 0 Å². The van der Waals surface area contributed by atoms with Gasteiger partial charge in [0.05, 0.1) is 5.69 Å². The molecule has 136 valence electrons. The Morgan fingerprint density at radius 2 is 1.74 bits per heavy atom. The molecule has 9 heteroatoms. The number of hydrazone groups is 1. The number of carbonyl (C=O) groups is 4. The zero-order chi connectivity index (χ0) is 19.4. The first-order chi connectivity index (χ1) is 13.0. The summed E-state index contributed by atoms with van der Waals surface area (Å²) in [5.74, 6) is -3.37. The van der Waals surface area contributed by atoms with E-state index >= 15 is 0 Å². The van der Waals surface area contributed by atoms with Crippen LogP contribution in [0.15, 0.2) is 59.7 Å². The third-order valence-corrected chi connectivity index (χ3v) is 4.43. The average Bonchev–Trinajstić information content (AvgIpc) is 2.66. The Kier molecular flexibility index (Phi) is 5.60. The lowest BCUT2D eigenvalue weighted by atomic mass is 10.1. The Labute approximate surface area is 167 Å². The minimum atomic E-state index is -1.34. The van der Waals surface area contributed by atoms with Crippen LogP contribution >= 0.6 is 22.6 Å². The molecule has 1 heterocycles. The molecule has 0 unspecified atom stereocenters. The van der Waals surface area contributed by atoms with Crippen LogP contribution in [0.4, 0.5) is 10.5 Å². The number of nitrogens with one attached hydrogen (secondary N) is 2. The van der Waals surface area contributed by atoms with Crippen LogP contribution in [0.3, 0.4) is 0 Å². The average molecular weight is 476 g/mol. The fraction of sp³-hybridized carbons (Fsp3) is 0.0556. The Morgan fingerprint density at radius 1 is 1.07 bits per heavy atom. The van der Waals surface area contributed by atoms with Crippen LogP contribution in [0, 0.1) is 9.49 Å². The van der Waals surface area contributed by atoms with Crippen molar-refractivity contribution >= 4 is 58.2 Å². The maximum Gasteiger partial charge on any atom is 0.335 e. The van der Waals surface area contributed by atoms with Crippen LogP contribution in [0.1, 0.15) is 10.4 Å². The van der Waals surface area contributed by atoms with Crippen molar-refractivity contribution in [3.8, 4) is 0 Å². The summed E-state index contributed by atoms with van der Waals surface area (Å²) in [5.41, 5.74) is 2.96. The minimum Gasteiger partial charge on any atom is -0.276 e. The van der Waals surface area contributed by atoms with E-state index in [1.807, 2.05) is 0 Å². The molecular weight excluding hydrogens is 463 g/mol. The standard InChI is InChI=1S/C18H13IN4O4/c19-12-6-8-13(9-7-12)23-17(26)14(16(25)21-18(23)27)10-20-22-15(24)11-4-2-1-3-5-11/h1-10,14H,(H,22,24)(H,21,25,27)/b20-10-/t14-/m1/s1. The number of imide groups is 2. The second-order valence-electron chi connectivity index (χ2n) is 5.51. The molecule has 5 amide bonds. The van der Waals surface area contributed by atoms with E-state index < -0.39 is 29.7 Å². The molecule has 2 aromatic rings. The molecule has 0 bridgehead atoms. The number of amides is 5.